The van der Waals surface area contributed by atoms with E-state index in [0.29, 0.717) is 11.4 Å². The smallest absolute Gasteiger partial charge is 0.265 e. The maximum Gasteiger partial charge on any atom is 0.265 e. The number of hydrogen-bond donors (Lipinski definition) is 1. The van der Waals surface area contributed by atoms with Crippen molar-refractivity contribution in [3.8, 4) is 0 Å². The topological polar surface area (TPSA) is 59.2 Å². The molecule has 0 saturated carbocycles. The summed E-state index contributed by atoms with van der Waals surface area (Å²) in [5.74, 6) is -0.00491. The fraction of sp³-hybridized carbons (Fsp3) is 0.500. The predicted octanol–water partition coefficient (Wildman–Crippen LogP) is 0.612. The van der Waals surface area contributed by atoms with Crippen molar-refractivity contribution in [1.82, 2.24) is 9.88 Å². The maximum atomic E-state index is 11.6. The van der Waals surface area contributed by atoms with Crippen molar-refractivity contribution in [3.05, 3.63) is 15.6 Å². The molecule has 13 heavy (non-hydrogen) atoms. The molecule has 1 rings (SSSR count). The second-order valence-corrected chi connectivity index (χ2v) is 4.01. The van der Waals surface area contributed by atoms with Crippen LogP contribution in [-0.4, -0.2) is 29.9 Å². The molecule has 0 bridgehead atoms. The van der Waals surface area contributed by atoms with Gasteiger partial charge in [0.25, 0.3) is 5.91 Å². The quantitative estimate of drug-likeness (QED) is 0.759. The van der Waals surface area contributed by atoms with Gasteiger partial charge in [-0.1, -0.05) is 0 Å². The second-order valence-electron chi connectivity index (χ2n) is 2.93. The number of hydrogen-bond acceptors (Lipinski definition) is 4. The molecular weight excluding hydrogens is 186 g/mol. The summed E-state index contributed by atoms with van der Waals surface area (Å²) < 4.78 is 0. The SMILES string of the molecule is Cc1nc(CN)sc1C(=O)N(C)C. The number of thiazole rings is 1. The molecule has 0 aromatic carbocycles. The van der Waals surface area contributed by atoms with Crippen LogP contribution in [0, 0.1) is 6.92 Å². The molecule has 0 spiro atoms. The molecule has 0 aliphatic rings. The van der Waals surface area contributed by atoms with Crippen molar-refractivity contribution in [2.24, 2.45) is 5.73 Å². The van der Waals surface area contributed by atoms with Crippen molar-refractivity contribution in [2.75, 3.05) is 14.1 Å². The molecule has 72 valence electrons. The molecule has 1 aromatic rings. The summed E-state index contributed by atoms with van der Waals surface area (Å²) in [6, 6.07) is 0. The second kappa shape index (κ2) is 3.85. The zero-order valence-electron chi connectivity index (χ0n) is 8.00. The maximum absolute atomic E-state index is 11.6. The van der Waals surface area contributed by atoms with Crippen LogP contribution in [0.15, 0.2) is 0 Å². The standard InChI is InChI=1S/C8H13N3OS/c1-5-7(8(12)11(2)3)13-6(4-9)10-5/h4,9H2,1-3H3. The molecule has 0 atom stereocenters. The molecule has 0 saturated heterocycles. The van der Waals surface area contributed by atoms with Gasteiger partial charge in [-0.3, -0.25) is 4.79 Å². The van der Waals surface area contributed by atoms with E-state index in [9.17, 15) is 4.79 Å². The molecule has 0 aliphatic heterocycles. The molecule has 4 nitrogen and oxygen atoms in total. The van der Waals surface area contributed by atoms with Gasteiger partial charge in [-0.15, -0.1) is 11.3 Å². The molecule has 1 aromatic heterocycles. The van der Waals surface area contributed by atoms with Crippen LogP contribution in [0.25, 0.3) is 0 Å². The third-order valence-electron chi connectivity index (χ3n) is 1.62. The summed E-state index contributed by atoms with van der Waals surface area (Å²) in [5, 5.41) is 0.808. The monoisotopic (exact) mass is 199 g/mol. The minimum Gasteiger partial charge on any atom is -0.344 e. The zero-order chi connectivity index (χ0) is 10.0. The van der Waals surface area contributed by atoms with Crippen molar-refractivity contribution in [2.45, 2.75) is 13.5 Å². The number of nitrogens with zero attached hydrogens (tertiary/aromatic N) is 2. The molecule has 1 amide bonds. The van der Waals surface area contributed by atoms with E-state index in [2.05, 4.69) is 4.98 Å². The van der Waals surface area contributed by atoms with Gasteiger partial charge in [0.05, 0.1) is 5.69 Å². The molecule has 0 aliphatic carbocycles. The lowest BCUT2D eigenvalue weighted by atomic mass is 10.3. The number of amides is 1. The molecule has 1 heterocycles. The minimum absolute atomic E-state index is 0.00491. The van der Waals surface area contributed by atoms with Gasteiger partial charge in [0.15, 0.2) is 0 Å². The van der Waals surface area contributed by atoms with E-state index in [1.165, 1.54) is 11.3 Å². The van der Waals surface area contributed by atoms with Crippen molar-refractivity contribution < 1.29 is 4.79 Å². The molecule has 0 radical (unpaired) electrons. The van der Waals surface area contributed by atoms with Crippen LogP contribution in [-0.2, 0) is 6.54 Å². The lowest BCUT2D eigenvalue weighted by Gasteiger charge is -2.07. The summed E-state index contributed by atoms with van der Waals surface area (Å²) in [6.07, 6.45) is 0. The Labute approximate surface area is 81.4 Å². The van der Waals surface area contributed by atoms with Crippen molar-refractivity contribution in [3.63, 3.8) is 0 Å². The predicted molar refractivity (Wildman–Crippen MR) is 52.8 cm³/mol. The number of aromatic nitrogens is 1. The van der Waals surface area contributed by atoms with Crippen molar-refractivity contribution in [1.29, 1.82) is 0 Å². The first-order chi connectivity index (χ1) is 6.06. The van der Waals surface area contributed by atoms with Crippen LogP contribution >= 0.6 is 11.3 Å². The zero-order valence-corrected chi connectivity index (χ0v) is 8.81. The summed E-state index contributed by atoms with van der Waals surface area (Å²) in [7, 11) is 3.45. The highest BCUT2D eigenvalue weighted by Crippen LogP contribution is 2.18. The first-order valence-electron chi connectivity index (χ1n) is 3.94. The van der Waals surface area contributed by atoms with E-state index in [1.54, 1.807) is 19.0 Å². The lowest BCUT2D eigenvalue weighted by Crippen LogP contribution is -2.21. The van der Waals surface area contributed by atoms with Crippen LogP contribution in [0.4, 0.5) is 0 Å². The van der Waals surface area contributed by atoms with E-state index in [1.807, 2.05) is 6.92 Å². The number of carbonyl (C=O) groups excluding carboxylic acids is 1. The van der Waals surface area contributed by atoms with E-state index >= 15 is 0 Å². The van der Waals surface area contributed by atoms with Crippen LogP contribution in [0.1, 0.15) is 20.4 Å². The van der Waals surface area contributed by atoms with Gasteiger partial charge in [-0.2, -0.15) is 0 Å². The van der Waals surface area contributed by atoms with Crippen molar-refractivity contribution >= 4 is 17.2 Å². The van der Waals surface area contributed by atoms with Gasteiger partial charge >= 0.3 is 0 Å². The average molecular weight is 199 g/mol. The summed E-state index contributed by atoms with van der Waals surface area (Å²) in [6.45, 7) is 2.22. The van der Waals surface area contributed by atoms with Crippen LogP contribution < -0.4 is 5.73 Å². The van der Waals surface area contributed by atoms with Crippen LogP contribution in [0.2, 0.25) is 0 Å². The Morgan fingerprint density at radius 3 is 2.62 bits per heavy atom. The number of aryl methyl sites for hydroxylation is 1. The Bertz CT molecular complexity index is 319. The highest BCUT2D eigenvalue weighted by molar-refractivity contribution is 7.13. The normalized spacial score (nSPS) is 10.2. The first kappa shape index (κ1) is 10.1. The lowest BCUT2D eigenvalue weighted by molar-refractivity contribution is 0.0831. The van der Waals surface area contributed by atoms with Crippen LogP contribution in [0.3, 0.4) is 0 Å². The van der Waals surface area contributed by atoms with Gasteiger partial charge in [-0.25, -0.2) is 4.98 Å². The highest BCUT2D eigenvalue weighted by atomic mass is 32.1. The molecule has 0 unspecified atom stereocenters. The fourth-order valence-electron chi connectivity index (χ4n) is 0.941. The number of nitrogens with two attached hydrogens (primary N) is 1. The van der Waals surface area contributed by atoms with Gasteiger partial charge in [0.2, 0.25) is 0 Å². The molecule has 2 N–H and O–H groups in total. The fourth-order valence-corrected chi connectivity index (χ4v) is 1.91. The van der Waals surface area contributed by atoms with Gasteiger partial charge in [-0.05, 0) is 6.92 Å². The van der Waals surface area contributed by atoms with E-state index < -0.39 is 0 Å². The third kappa shape index (κ3) is 2.05. The molecule has 5 heteroatoms. The molecule has 0 fully saturated rings. The van der Waals surface area contributed by atoms with E-state index in [-0.39, 0.29) is 5.91 Å². The highest BCUT2D eigenvalue weighted by Gasteiger charge is 2.15. The Hall–Kier alpha value is -0.940. The Kier molecular flexibility index (Phi) is 3.00. The average Bonchev–Trinajstić information content (AvgIpc) is 2.45. The van der Waals surface area contributed by atoms with E-state index in [4.69, 9.17) is 5.73 Å². The minimum atomic E-state index is -0.00491. The van der Waals surface area contributed by atoms with Gasteiger partial charge in [0.1, 0.15) is 9.88 Å². The Morgan fingerprint density at radius 2 is 2.23 bits per heavy atom. The number of rotatable bonds is 2. The largest absolute Gasteiger partial charge is 0.344 e. The summed E-state index contributed by atoms with van der Waals surface area (Å²) >= 11 is 1.37. The van der Waals surface area contributed by atoms with Crippen LogP contribution in [0.5, 0.6) is 0 Å². The molecular formula is C8H13N3OS. The number of carbonyl (C=O) groups is 1. The van der Waals surface area contributed by atoms with Gasteiger partial charge < -0.3 is 10.6 Å². The third-order valence-corrected chi connectivity index (χ3v) is 2.78. The Balaban J connectivity index is 3.00. The Morgan fingerprint density at radius 1 is 1.62 bits per heavy atom. The first-order valence-corrected chi connectivity index (χ1v) is 4.76. The van der Waals surface area contributed by atoms with Gasteiger partial charge in [0, 0.05) is 20.6 Å². The summed E-state index contributed by atoms with van der Waals surface area (Å²) in [5.41, 5.74) is 6.20. The van der Waals surface area contributed by atoms with E-state index in [0.717, 1.165) is 10.7 Å². The summed E-state index contributed by atoms with van der Waals surface area (Å²) in [4.78, 5) is 18.0.